The van der Waals surface area contributed by atoms with Crippen molar-refractivity contribution in [1.29, 1.82) is 5.41 Å². The molecule has 1 unspecified atom stereocenters. The predicted molar refractivity (Wildman–Crippen MR) is 66.5 cm³/mol. The van der Waals surface area contributed by atoms with Gasteiger partial charge in [0, 0.05) is 13.0 Å². The lowest BCUT2D eigenvalue weighted by molar-refractivity contribution is 0.0903. The smallest absolute Gasteiger partial charge is 0.130 e. The topological polar surface area (TPSA) is 68.3 Å². The van der Waals surface area contributed by atoms with Crippen LogP contribution >= 0.6 is 0 Å². The Bertz CT molecular complexity index is 387. The van der Waals surface area contributed by atoms with Crippen molar-refractivity contribution >= 4 is 5.84 Å². The molecule has 1 aromatic rings. The average molecular weight is 234 g/mol. The van der Waals surface area contributed by atoms with E-state index in [4.69, 9.17) is 20.6 Å². The molecule has 0 aromatic heterocycles. The summed E-state index contributed by atoms with van der Waals surface area (Å²) in [5.41, 5.74) is 6.14. The maximum atomic E-state index is 7.45. The molecule has 4 heteroatoms. The summed E-state index contributed by atoms with van der Waals surface area (Å²) in [6, 6.07) is 7.37. The first-order chi connectivity index (χ1) is 8.27. The molecular formula is C13H18N2O2. The molecule has 92 valence electrons. The van der Waals surface area contributed by atoms with E-state index in [0.717, 1.165) is 25.9 Å². The molecule has 0 amide bonds. The lowest BCUT2D eigenvalue weighted by Gasteiger charge is -2.12. The molecule has 17 heavy (non-hydrogen) atoms. The minimum Gasteiger partial charge on any atom is -0.493 e. The van der Waals surface area contributed by atoms with E-state index in [-0.39, 0.29) is 5.84 Å². The fourth-order valence-electron chi connectivity index (χ4n) is 1.99. The van der Waals surface area contributed by atoms with Gasteiger partial charge in [-0.15, -0.1) is 0 Å². The monoisotopic (exact) mass is 234 g/mol. The first-order valence-corrected chi connectivity index (χ1v) is 5.95. The summed E-state index contributed by atoms with van der Waals surface area (Å²) < 4.78 is 11.2. The molecule has 1 atom stereocenters. The second-order valence-electron chi connectivity index (χ2n) is 4.18. The molecule has 1 aromatic carbocycles. The first kappa shape index (κ1) is 11.9. The number of nitrogens with two attached hydrogens (primary N) is 1. The molecule has 2 rings (SSSR count). The fraction of sp³-hybridized carbons (Fsp3) is 0.462. The van der Waals surface area contributed by atoms with Crippen LogP contribution in [-0.4, -0.2) is 25.2 Å². The zero-order chi connectivity index (χ0) is 12.1. The van der Waals surface area contributed by atoms with Crippen molar-refractivity contribution in [3.63, 3.8) is 0 Å². The van der Waals surface area contributed by atoms with Gasteiger partial charge in [-0.25, -0.2) is 0 Å². The average Bonchev–Trinajstić information content (AvgIpc) is 2.82. The van der Waals surface area contributed by atoms with Gasteiger partial charge in [0.2, 0.25) is 0 Å². The maximum Gasteiger partial charge on any atom is 0.130 e. The van der Waals surface area contributed by atoms with Crippen molar-refractivity contribution in [1.82, 2.24) is 0 Å². The van der Waals surface area contributed by atoms with Crippen molar-refractivity contribution in [3.05, 3.63) is 29.8 Å². The number of hydrogen-bond acceptors (Lipinski definition) is 3. The lowest BCUT2D eigenvalue weighted by atomic mass is 10.2. The van der Waals surface area contributed by atoms with Gasteiger partial charge in [0.1, 0.15) is 11.6 Å². The number of para-hydroxylation sites is 1. The van der Waals surface area contributed by atoms with Crippen molar-refractivity contribution in [2.24, 2.45) is 5.73 Å². The molecule has 1 heterocycles. The van der Waals surface area contributed by atoms with Crippen LogP contribution < -0.4 is 10.5 Å². The number of ether oxygens (including phenoxy) is 2. The van der Waals surface area contributed by atoms with Gasteiger partial charge in [0.25, 0.3) is 0 Å². The van der Waals surface area contributed by atoms with Crippen LogP contribution in [0.5, 0.6) is 5.75 Å². The molecule has 0 spiro atoms. The Hall–Kier alpha value is -1.55. The van der Waals surface area contributed by atoms with Crippen molar-refractivity contribution in [2.45, 2.75) is 25.4 Å². The van der Waals surface area contributed by atoms with E-state index < -0.39 is 0 Å². The fourth-order valence-corrected chi connectivity index (χ4v) is 1.99. The van der Waals surface area contributed by atoms with E-state index in [2.05, 4.69) is 0 Å². The van der Waals surface area contributed by atoms with Crippen LogP contribution in [0, 0.1) is 5.41 Å². The summed E-state index contributed by atoms with van der Waals surface area (Å²) in [7, 11) is 0. The van der Waals surface area contributed by atoms with Crippen LogP contribution in [0.1, 0.15) is 24.8 Å². The summed E-state index contributed by atoms with van der Waals surface area (Å²) in [6.45, 7) is 1.48. The minimum atomic E-state index is 0.0396. The molecule has 0 aliphatic carbocycles. The molecule has 0 radical (unpaired) electrons. The second-order valence-corrected chi connectivity index (χ2v) is 4.18. The Morgan fingerprint density at radius 1 is 1.47 bits per heavy atom. The van der Waals surface area contributed by atoms with E-state index in [1.807, 2.05) is 18.2 Å². The largest absolute Gasteiger partial charge is 0.493 e. The summed E-state index contributed by atoms with van der Waals surface area (Å²) in [5.74, 6) is 0.718. The third-order valence-corrected chi connectivity index (χ3v) is 2.90. The van der Waals surface area contributed by atoms with Gasteiger partial charge in [0.15, 0.2) is 0 Å². The zero-order valence-electron chi connectivity index (χ0n) is 9.82. The summed E-state index contributed by atoms with van der Waals surface area (Å²) in [4.78, 5) is 0. The third kappa shape index (κ3) is 3.20. The predicted octanol–water partition coefficient (Wildman–Crippen LogP) is 1.92. The van der Waals surface area contributed by atoms with Gasteiger partial charge in [-0.2, -0.15) is 0 Å². The SMILES string of the molecule is N=C(N)c1ccccc1OCCC1CCCO1. The molecule has 4 nitrogen and oxygen atoms in total. The normalized spacial score (nSPS) is 19.2. The van der Waals surface area contributed by atoms with Gasteiger partial charge in [-0.05, 0) is 25.0 Å². The highest BCUT2D eigenvalue weighted by Crippen LogP contribution is 2.19. The molecule has 0 bridgehead atoms. The van der Waals surface area contributed by atoms with Crippen LogP contribution in [0.2, 0.25) is 0 Å². The van der Waals surface area contributed by atoms with Crippen LogP contribution in [0.3, 0.4) is 0 Å². The van der Waals surface area contributed by atoms with Gasteiger partial charge < -0.3 is 15.2 Å². The summed E-state index contributed by atoms with van der Waals surface area (Å²) >= 11 is 0. The van der Waals surface area contributed by atoms with E-state index >= 15 is 0 Å². The molecule has 1 saturated heterocycles. The standard InChI is InChI=1S/C13H18N2O2/c14-13(15)11-5-1-2-6-12(11)17-9-7-10-4-3-8-16-10/h1-2,5-6,10H,3-4,7-9H2,(H3,14,15). The van der Waals surface area contributed by atoms with E-state index in [1.165, 1.54) is 0 Å². The van der Waals surface area contributed by atoms with Crippen LogP contribution in [-0.2, 0) is 4.74 Å². The Kier molecular flexibility index (Phi) is 3.98. The number of amidine groups is 1. The van der Waals surface area contributed by atoms with Crippen LogP contribution in [0.25, 0.3) is 0 Å². The Morgan fingerprint density at radius 2 is 2.29 bits per heavy atom. The van der Waals surface area contributed by atoms with Gasteiger partial charge in [-0.3, -0.25) is 5.41 Å². The van der Waals surface area contributed by atoms with Gasteiger partial charge in [0.05, 0.1) is 18.3 Å². The van der Waals surface area contributed by atoms with E-state index in [9.17, 15) is 0 Å². The molecule has 1 aliphatic rings. The van der Waals surface area contributed by atoms with Gasteiger partial charge in [-0.1, -0.05) is 12.1 Å². The first-order valence-electron chi connectivity index (χ1n) is 5.95. The summed E-state index contributed by atoms with van der Waals surface area (Å²) in [6.07, 6.45) is 3.50. The Labute approximate surface area is 101 Å². The second kappa shape index (κ2) is 5.68. The molecule has 0 saturated carbocycles. The maximum absolute atomic E-state index is 7.45. The highest BCUT2D eigenvalue weighted by Gasteiger charge is 2.15. The molecule has 1 aliphatic heterocycles. The number of benzene rings is 1. The van der Waals surface area contributed by atoms with Crippen LogP contribution in [0.15, 0.2) is 24.3 Å². The zero-order valence-corrected chi connectivity index (χ0v) is 9.82. The number of nitrogen functional groups attached to an aromatic ring is 1. The minimum absolute atomic E-state index is 0.0396. The van der Waals surface area contributed by atoms with Crippen LogP contribution in [0.4, 0.5) is 0 Å². The van der Waals surface area contributed by atoms with E-state index in [1.54, 1.807) is 6.07 Å². The van der Waals surface area contributed by atoms with Crippen molar-refractivity contribution < 1.29 is 9.47 Å². The summed E-state index contributed by atoms with van der Waals surface area (Å²) in [5, 5.41) is 7.45. The Morgan fingerprint density at radius 3 is 3.00 bits per heavy atom. The van der Waals surface area contributed by atoms with Crippen molar-refractivity contribution in [3.8, 4) is 5.75 Å². The Balaban J connectivity index is 1.87. The number of rotatable bonds is 5. The van der Waals surface area contributed by atoms with Crippen molar-refractivity contribution in [2.75, 3.05) is 13.2 Å². The van der Waals surface area contributed by atoms with E-state index in [0.29, 0.717) is 24.0 Å². The number of nitrogens with one attached hydrogen (secondary N) is 1. The third-order valence-electron chi connectivity index (χ3n) is 2.90. The quantitative estimate of drug-likeness (QED) is 0.604. The number of hydrogen-bond donors (Lipinski definition) is 2. The molecule has 3 N–H and O–H groups in total. The highest BCUT2D eigenvalue weighted by molar-refractivity contribution is 5.97. The lowest BCUT2D eigenvalue weighted by Crippen LogP contribution is -2.15. The molecule has 1 fully saturated rings. The molecular weight excluding hydrogens is 216 g/mol. The van der Waals surface area contributed by atoms with Gasteiger partial charge >= 0.3 is 0 Å². The highest BCUT2D eigenvalue weighted by atomic mass is 16.5.